The predicted octanol–water partition coefficient (Wildman–Crippen LogP) is 6.11. The van der Waals surface area contributed by atoms with Crippen LogP contribution in [0.15, 0.2) is 30.3 Å². The van der Waals surface area contributed by atoms with Gasteiger partial charge in [-0.05, 0) is 37.9 Å². The van der Waals surface area contributed by atoms with Crippen molar-refractivity contribution in [2.24, 2.45) is 0 Å². The SMILES string of the molecule is CCCCCCCCCC[C@H]([C@H](O)c1ccccc1)N1CCCCC1. The first-order valence-corrected chi connectivity index (χ1v) is 10.8. The van der Waals surface area contributed by atoms with E-state index in [4.69, 9.17) is 0 Å². The number of aliphatic hydroxyl groups excluding tert-OH is 1. The zero-order valence-electron chi connectivity index (χ0n) is 16.3. The average Bonchev–Trinajstić information content (AvgIpc) is 2.68. The van der Waals surface area contributed by atoms with Crippen molar-refractivity contribution < 1.29 is 5.11 Å². The molecule has 2 nitrogen and oxygen atoms in total. The van der Waals surface area contributed by atoms with E-state index in [0.29, 0.717) is 6.04 Å². The monoisotopic (exact) mass is 345 g/mol. The van der Waals surface area contributed by atoms with Crippen LogP contribution in [0.3, 0.4) is 0 Å². The van der Waals surface area contributed by atoms with Crippen LogP contribution in [0.25, 0.3) is 0 Å². The van der Waals surface area contributed by atoms with Gasteiger partial charge in [0.2, 0.25) is 0 Å². The molecular formula is C23H39NO. The molecule has 0 bridgehead atoms. The molecule has 0 unspecified atom stereocenters. The van der Waals surface area contributed by atoms with E-state index in [-0.39, 0.29) is 6.10 Å². The van der Waals surface area contributed by atoms with Crippen molar-refractivity contribution in [3.8, 4) is 0 Å². The lowest BCUT2D eigenvalue weighted by Crippen LogP contribution is -2.42. The highest BCUT2D eigenvalue weighted by Gasteiger charge is 2.27. The quantitative estimate of drug-likeness (QED) is 0.462. The highest BCUT2D eigenvalue weighted by atomic mass is 16.3. The zero-order chi connectivity index (χ0) is 17.7. The molecule has 1 aliphatic heterocycles. The number of hydrogen-bond donors (Lipinski definition) is 1. The molecule has 1 heterocycles. The summed E-state index contributed by atoms with van der Waals surface area (Å²) in [5.41, 5.74) is 1.08. The van der Waals surface area contributed by atoms with Gasteiger partial charge >= 0.3 is 0 Å². The van der Waals surface area contributed by atoms with Gasteiger partial charge in [0, 0.05) is 6.04 Å². The van der Waals surface area contributed by atoms with Crippen LogP contribution in [0.4, 0.5) is 0 Å². The van der Waals surface area contributed by atoms with Crippen molar-refractivity contribution in [3.63, 3.8) is 0 Å². The first-order chi connectivity index (χ1) is 12.3. The minimum Gasteiger partial charge on any atom is -0.387 e. The standard InChI is InChI=1S/C23H39NO/c1-2-3-4-5-6-7-8-13-18-22(24-19-14-10-15-20-24)23(25)21-16-11-9-12-17-21/h9,11-12,16-17,22-23,25H,2-8,10,13-15,18-20H2,1H3/t22-,23-/m1/s1. The lowest BCUT2D eigenvalue weighted by atomic mass is 9.94. The Morgan fingerprint density at radius 2 is 1.44 bits per heavy atom. The molecule has 0 amide bonds. The molecule has 1 aliphatic rings. The van der Waals surface area contributed by atoms with E-state index >= 15 is 0 Å². The van der Waals surface area contributed by atoms with E-state index in [1.807, 2.05) is 18.2 Å². The fraction of sp³-hybridized carbons (Fsp3) is 0.739. The summed E-state index contributed by atoms with van der Waals surface area (Å²) in [5.74, 6) is 0. The molecular weight excluding hydrogens is 306 g/mol. The van der Waals surface area contributed by atoms with Gasteiger partial charge in [-0.15, -0.1) is 0 Å². The highest BCUT2D eigenvalue weighted by Crippen LogP contribution is 2.28. The Bertz CT molecular complexity index is 427. The minimum atomic E-state index is -0.344. The summed E-state index contributed by atoms with van der Waals surface area (Å²) in [4.78, 5) is 2.56. The van der Waals surface area contributed by atoms with Crippen molar-refractivity contribution in [1.82, 2.24) is 4.90 Å². The Morgan fingerprint density at radius 3 is 2.08 bits per heavy atom. The minimum absolute atomic E-state index is 0.294. The van der Waals surface area contributed by atoms with Gasteiger partial charge in [-0.2, -0.15) is 0 Å². The molecule has 25 heavy (non-hydrogen) atoms. The molecule has 2 atom stereocenters. The molecule has 0 aliphatic carbocycles. The van der Waals surface area contributed by atoms with Crippen molar-refractivity contribution in [2.75, 3.05) is 13.1 Å². The van der Waals surface area contributed by atoms with Crippen molar-refractivity contribution in [1.29, 1.82) is 0 Å². The maximum Gasteiger partial charge on any atom is 0.0945 e. The zero-order valence-corrected chi connectivity index (χ0v) is 16.3. The smallest absolute Gasteiger partial charge is 0.0945 e. The fourth-order valence-corrected chi connectivity index (χ4v) is 4.15. The summed E-state index contributed by atoms with van der Waals surface area (Å²) in [6, 6.07) is 10.6. The van der Waals surface area contributed by atoms with Gasteiger partial charge < -0.3 is 5.11 Å². The van der Waals surface area contributed by atoms with Crippen molar-refractivity contribution >= 4 is 0 Å². The molecule has 2 rings (SSSR count). The molecule has 0 radical (unpaired) electrons. The van der Waals surface area contributed by atoms with Crippen molar-refractivity contribution in [2.45, 2.75) is 96.1 Å². The van der Waals surface area contributed by atoms with Crippen LogP contribution in [0.1, 0.15) is 95.6 Å². The summed E-state index contributed by atoms with van der Waals surface area (Å²) >= 11 is 0. The van der Waals surface area contributed by atoms with Crippen LogP contribution in [-0.2, 0) is 0 Å². The van der Waals surface area contributed by atoms with E-state index in [1.54, 1.807) is 0 Å². The first-order valence-electron chi connectivity index (χ1n) is 10.8. The second-order valence-corrected chi connectivity index (χ2v) is 7.78. The van der Waals surface area contributed by atoms with Gasteiger partial charge in [-0.25, -0.2) is 0 Å². The lowest BCUT2D eigenvalue weighted by Gasteiger charge is -2.37. The number of rotatable bonds is 12. The Hall–Kier alpha value is -0.860. The molecule has 0 saturated carbocycles. The summed E-state index contributed by atoms with van der Waals surface area (Å²) in [5, 5.41) is 11.0. The van der Waals surface area contributed by atoms with Gasteiger partial charge in [0.05, 0.1) is 6.10 Å². The number of nitrogens with zero attached hydrogens (tertiary/aromatic N) is 1. The lowest BCUT2D eigenvalue weighted by molar-refractivity contribution is 0.0311. The van der Waals surface area contributed by atoms with Gasteiger partial charge in [0.15, 0.2) is 0 Å². The van der Waals surface area contributed by atoms with E-state index in [1.165, 1.54) is 70.6 Å². The Balaban J connectivity index is 1.78. The number of unbranched alkanes of at least 4 members (excludes halogenated alkanes) is 7. The number of likely N-dealkylation sites (tertiary alicyclic amines) is 1. The summed E-state index contributed by atoms with van der Waals surface area (Å²) in [6.45, 7) is 4.59. The Labute approximate surface area is 155 Å². The van der Waals surface area contributed by atoms with Gasteiger partial charge in [0.25, 0.3) is 0 Å². The van der Waals surface area contributed by atoms with Crippen LogP contribution in [0.5, 0.6) is 0 Å². The third-order valence-corrected chi connectivity index (χ3v) is 5.72. The number of piperidine rings is 1. The largest absolute Gasteiger partial charge is 0.387 e. The van der Waals surface area contributed by atoms with Crippen LogP contribution in [-0.4, -0.2) is 29.1 Å². The molecule has 0 spiro atoms. The molecule has 1 N–H and O–H groups in total. The highest BCUT2D eigenvalue weighted by molar-refractivity contribution is 5.19. The van der Waals surface area contributed by atoms with E-state index in [0.717, 1.165) is 25.1 Å². The average molecular weight is 346 g/mol. The van der Waals surface area contributed by atoms with Crippen molar-refractivity contribution in [3.05, 3.63) is 35.9 Å². The second kappa shape index (κ2) is 12.5. The maximum absolute atomic E-state index is 11.0. The normalized spacial score (nSPS) is 18.2. The van der Waals surface area contributed by atoms with Gasteiger partial charge in [-0.3, -0.25) is 4.90 Å². The number of hydrogen-bond acceptors (Lipinski definition) is 2. The van der Waals surface area contributed by atoms with Gasteiger partial charge in [0.1, 0.15) is 0 Å². The van der Waals surface area contributed by atoms with Crippen LogP contribution in [0.2, 0.25) is 0 Å². The second-order valence-electron chi connectivity index (χ2n) is 7.78. The van der Waals surface area contributed by atoms with Gasteiger partial charge in [-0.1, -0.05) is 95.0 Å². The topological polar surface area (TPSA) is 23.5 Å². The Morgan fingerprint density at radius 1 is 0.840 bits per heavy atom. The first kappa shape index (κ1) is 20.5. The molecule has 1 fully saturated rings. The molecule has 0 aromatic heterocycles. The van der Waals surface area contributed by atoms with E-state index < -0.39 is 0 Å². The van der Waals surface area contributed by atoms with Crippen LogP contribution in [0, 0.1) is 0 Å². The molecule has 142 valence electrons. The number of aliphatic hydroxyl groups is 1. The third-order valence-electron chi connectivity index (χ3n) is 5.72. The Kier molecular flexibility index (Phi) is 10.2. The molecule has 2 heteroatoms. The summed E-state index contributed by atoms with van der Waals surface area (Å²) in [6.07, 6.45) is 15.5. The predicted molar refractivity (Wildman–Crippen MR) is 108 cm³/mol. The van der Waals surface area contributed by atoms with Crippen LogP contribution >= 0.6 is 0 Å². The van der Waals surface area contributed by atoms with E-state index in [9.17, 15) is 5.11 Å². The third kappa shape index (κ3) is 7.50. The molecule has 1 aromatic carbocycles. The molecule has 1 saturated heterocycles. The van der Waals surface area contributed by atoms with E-state index in [2.05, 4.69) is 24.0 Å². The maximum atomic E-state index is 11.0. The van der Waals surface area contributed by atoms with Crippen LogP contribution < -0.4 is 0 Å². The summed E-state index contributed by atoms with van der Waals surface area (Å²) < 4.78 is 0. The fourth-order valence-electron chi connectivity index (χ4n) is 4.15. The number of benzene rings is 1. The summed E-state index contributed by atoms with van der Waals surface area (Å²) in [7, 11) is 0. The molecule has 1 aromatic rings.